The standard InChI is InChI=1S/C17H20N6O4/c1-18-14(24)20-7-5-10-9-11-6-8-21-15(25)19(2)17(27)23(21)13(11)4-3-12(10)22(20)16(18)26/h5-6,12-13H,3-4,7-9H2,1-2H3. The van der Waals surface area contributed by atoms with Gasteiger partial charge in [0.1, 0.15) is 0 Å². The lowest BCUT2D eigenvalue weighted by molar-refractivity contribution is 0.330. The van der Waals surface area contributed by atoms with Gasteiger partial charge in [-0.2, -0.15) is 0 Å². The van der Waals surface area contributed by atoms with Crippen molar-refractivity contribution >= 4 is 0 Å². The van der Waals surface area contributed by atoms with Crippen LogP contribution < -0.4 is 22.8 Å². The van der Waals surface area contributed by atoms with E-state index in [9.17, 15) is 19.2 Å². The molecule has 142 valence electrons. The van der Waals surface area contributed by atoms with Crippen molar-refractivity contribution in [1.29, 1.82) is 0 Å². The molecule has 0 N–H and O–H groups in total. The van der Waals surface area contributed by atoms with E-state index >= 15 is 0 Å². The van der Waals surface area contributed by atoms with Crippen LogP contribution in [-0.4, -0.2) is 27.9 Å². The first-order valence-electron chi connectivity index (χ1n) is 9.04. The zero-order chi connectivity index (χ0) is 19.0. The van der Waals surface area contributed by atoms with Crippen LogP contribution in [0.2, 0.25) is 0 Å². The van der Waals surface area contributed by atoms with Gasteiger partial charge in [-0.15, -0.1) is 0 Å². The molecule has 4 heterocycles. The summed E-state index contributed by atoms with van der Waals surface area (Å²) in [5.74, 6) is 0. The van der Waals surface area contributed by atoms with Crippen molar-refractivity contribution in [2.75, 3.05) is 0 Å². The van der Waals surface area contributed by atoms with Crippen molar-refractivity contribution in [3.05, 3.63) is 65.2 Å². The van der Waals surface area contributed by atoms with E-state index in [0.717, 1.165) is 20.3 Å². The van der Waals surface area contributed by atoms with Gasteiger partial charge in [0.05, 0.1) is 25.2 Å². The maximum atomic E-state index is 12.6. The Hall–Kier alpha value is -3.04. The lowest BCUT2D eigenvalue weighted by atomic mass is 9.97. The number of fused-ring (bicyclic) bond motifs is 6. The molecule has 2 aromatic rings. The van der Waals surface area contributed by atoms with Gasteiger partial charge in [0.2, 0.25) is 0 Å². The number of hydrogen-bond donors (Lipinski definition) is 0. The Morgan fingerprint density at radius 2 is 1.11 bits per heavy atom. The van der Waals surface area contributed by atoms with Crippen LogP contribution in [0.5, 0.6) is 0 Å². The van der Waals surface area contributed by atoms with Gasteiger partial charge in [-0.25, -0.2) is 47.0 Å². The summed E-state index contributed by atoms with van der Waals surface area (Å²) >= 11 is 0. The highest BCUT2D eigenvalue weighted by atomic mass is 16.2. The molecule has 2 atom stereocenters. The molecule has 5 rings (SSSR count). The van der Waals surface area contributed by atoms with E-state index in [4.69, 9.17) is 0 Å². The number of allylic oxidation sites excluding steroid dienone is 4. The third kappa shape index (κ3) is 1.95. The molecule has 0 aromatic carbocycles. The predicted molar refractivity (Wildman–Crippen MR) is 96.0 cm³/mol. The molecule has 2 aliphatic heterocycles. The molecule has 10 nitrogen and oxygen atoms in total. The minimum absolute atomic E-state index is 0.203. The summed E-state index contributed by atoms with van der Waals surface area (Å²) in [6.45, 7) is 0.739. The van der Waals surface area contributed by atoms with Gasteiger partial charge >= 0.3 is 22.8 Å². The van der Waals surface area contributed by atoms with Crippen molar-refractivity contribution < 1.29 is 0 Å². The van der Waals surface area contributed by atoms with Crippen molar-refractivity contribution in [2.24, 2.45) is 14.1 Å². The zero-order valence-corrected chi connectivity index (χ0v) is 15.2. The Morgan fingerprint density at radius 3 is 1.52 bits per heavy atom. The summed E-state index contributed by atoms with van der Waals surface area (Å²) in [5.41, 5.74) is 0.924. The minimum Gasteiger partial charge on any atom is -0.246 e. The fourth-order valence-electron chi connectivity index (χ4n) is 4.68. The third-order valence-electron chi connectivity index (χ3n) is 6.12. The molecule has 1 fully saturated rings. The molecule has 1 aliphatic carbocycles. The van der Waals surface area contributed by atoms with E-state index < -0.39 is 0 Å². The summed E-state index contributed by atoms with van der Waals surface area (Å²) in [7, 11) is 2.98. The molecule has 2 unspecified atom stereocenters. The molecule has 0 radical (unpaired) electrons. The van der Waals surface area contributed by atoms with Crippen LogP contribution in [0, 0.1) is 0 Å². The second-order valence-corrected chi connectivity index (χ2v) is 7.45. The molecule has 27 heavy (non-hydrogen) atoms. The van der Waals surface area contributed by atoms with Gasteiger partial charge in [-0.05, 0) is 30.4 Å². The molecular formula is C17H20N6O4. The van der Waals surface area contributed by atoms with Gasteiger partial charge in [-0.3, -0.25) is 0 Å². The van der Waals surface area contributed by atoms with Crippen LogP contribution in [-0.2, 0) is 27.2 Å². The quantitative estimate of drug-likeness (QED) is 0.546. The second-order valence-electron chi connectivity index (χ2n) is 7.45. The Labute approximate surface area is 152 Å². The van der Waals surface area contributed by atoms with Gasteiger partial charge in [-0.1, -0.05) is 12.2 Å². The number of aromatic nitrogens is 6. The van der Waals surface area contributed by atoms with E-state index in [1.807, 2.05) is 12.2 Å². The Morgan fingerprint density at radius 1 is 0.704 bits per heavy atom. The zero-order valence-electron chi connectivity index (χ0n) is 15.2. The van der Waals surface area contributed by atoms with Gasteiger partial charge in [0.25, 0.3) is 0 Å². The topological polar surface area (TPSA) is 97.9 Å². The SMILES string of the molecule is Cn1c(=O)n2n(c1=O)C1CCC3C(=CCn4c(=O)n(C)c(=O)n43)CC1=CC2. The Kier molecular flexibility index (Phi) is 3.14. The molecule has 0 bridgehead atoms. The van der Waals surface area contributed by atoms with Crippen LogP contribution in [0.25, 0.3) is 0 Å². The van der Waals surface area contributed by atoms with Gasteiger partial charge in [0, 0.05) is 14.1 Å². The van der Waals surface area contributed by atoms with Crippen molar-refractivity contribution in [3.8, 4) is 0 Å². The predicted octanol–water partition coefficient (Wildman–Crippen LogP) is -1.14. The third-order valence-corrected chi connectivity index (χ3v) is 6.12. The maximum absolute atomic E-state index is 12.6. The number of nitrogens with zero attached hydrogens (tertiary/aromatic N) is 6. The molecule has 1 saturated carbocycles. The maximum Gasteiger partial charge on any atom is 0.347 e. The summed E-state index contributed by atoms with van der Waals surface area (Å²) in [6.07, 6.45) is 5.91. The van der Waals surface area contributed by atoms with Crippen molar-refractivity contribution in [2.45, 2.75) is 44.4 Å². The van der Waals surface area contributed by atoms with E-state index in [0.29, 0.717) is 32.4 Å². The average molecular weight is 372 g/mol. The van der Waals surface area contributed by atoms with E-state index in [-0.39, 0.29) is 34.8 Å². The largest absolute Gasteiger partial charge is 0.347 e. The summed E-state index contributed by atoms with van der Waals surface area (Å²) < 4.78 is 8.32. The first-order chi connectivity index (χ1) is 12.9. The first-order valence-corrected chi connectivity index (χ1v) is 9.04. The summed E-state index contributed by atoms with van der Waals surface area (Å²) in [5, 5.41) is 0. The molecule has 0 amide bonds. The van der Waals surface area contributed by atoms with Gasteiger partial charge in [0.15, 0.2) is 0 Å². The van der Waals surface area contributed by atoms with Crippen LogP contribution in [0.1, 0.15) is 31.3 Å². The van der Waals surface area contributed by atoms with Crippen molar-refractivity contribution in [1.82, 2.24) is 27.9 Å². The van der Waals surface area contributed by atoms with Crippen LogP contribution in [0.3, 0.4) is 0 Å². The molecule has 10 heteroatoms. The highest BCUT2D eigenvalue weighted by Gasteiger charge is 2.36. The lowest BCUT2D eigenvalue weighted by Crippen LogP contribution is -2.34. The molecule has 0 spiro atoms. The molecule has 2 aromatic heterocycles. The molecule has 3 aliphatic rings. The monoisotopic (exact) mass is 372 g/mol. The summed E-state index contributed by atoms with van der Waals surface area (Å²) in [6, 6.07) is -0.405. The van der Waals surface area contributed by atoms with Crippen LogP contribution >= 0.6 is 0 Å². The van der Waals surface area contributed by atoms with Gasteiger partial charge < -0.3 is 0 Å². The first kappa shape index (κ1) is 16.2. The number of hydrogen-bond acceptors (Lipinski definition) is 4. The minimum atomic E-state index is -0.316. The number of rotatable bonds is 0. The molecular weight excluding hydrogens is 352 g/mol. The van der Waals surface area contributed by atoms with E-state index in [1.165, 1.54) is 23.5 Å². The smallest absolute Gasteiger partial charge is 0.246 e. The highest BCUT2D eigenvalue weighted by molar-refractivity contribution is 5.27. The average Bonchev–Trinajstić information content (AvgIpc) is 2.93. The highest BCUT2D eigenvalue weighted by Crippen LogP contribution is 2.41. The Bertz CT molecular complexity index is 1170. The van der Waals surface area contributed by atoms with E-state index in [1.54, 1.807) is 9.36 Å². The van der Waals surface area contributed by atoms with Crippen LogP contribution in [0.4, 0.5) is 0 Å². The normalized spacial score (nSPS) is 23.5. The molecule has 0 saturated heterocycles. The second kappa shape index (κ2) is 5.24. The fraction of sp³-hybridized carbons (Fsp3) is 0.529. The fourth-order valence-corrected chi connectivity index (χ4v) is 4.68. The summed E-state index contributed by atoms with van der Waals surface area (Å²) in [4.78, 5) is 49.7. The van der Waals surface area contributed by atoms with Crippen molar-refractivity contribution in [3.63, 3.8) is 0 Å². The van der Waals surface area contributed by atoms with E-state index in [2.05, 4.69) is 0 Å². The Balaban J connectivity index is 1.63. The van der Waals surface area contributed by atoms with Crippen LogP contribution in [0.15, 0.2) is 42.5 Å². The lowest BCUT2D eigenvalue weighted by Gasteiger charge is -2.26.